The number of carbonyl (C=O) groups excluding carboxylic acids is 2. The summed E-state index contributed by atoms with van der Waals surface area (Å²) in [7, 11) is -1.84. The van der Waals surface area contributed by atoms with Crippen molar-refractivity contribution < 1.29 is 22.7 Å². The van der Waals surface area contributed by atoms with Gasteiger partial charge in [0.25, 0.3) is 5.91 Å². The summed E-state index contributed by atoms with van der Waals surface area (Å²) >= 11 is 0. The van der Waals surface area contributed by atoms with Crippen LogP contribution in [0.1, 0.15) is 41.6 Å². The summed E-state index contributed by atoms with van der Waals surface area (Å²) in [6, 6.07) is 16.6. The molecule has 1 heterocycles. The molecule has 190 valence electrons. The minimum atomic E-state index is -3.45. The average Bonchev–Trinajstić information content (AvgIpc) is 2.87. The van der Waals surface area contributed by atoms with Gasteiger partial charge in [-0.2, -0.15) is 0 Å². The molecule has 8 nitrogen and oxygen atoms in total. The largest absolute Gasteiger partial charge is 0.385 e. The molecule has 0 aliphatic carbocycles. The third kappa shape index (κ3) is 8.16. The molecule has 0 bridgehead atoms. The average molecular weight is 502 g/mol. The van der Waals surface area contributed by atoms with E-state index < -0.39 is 15.9 Å². The van der Waals surface area contributed by atoms with Crippen LogP contribution < -0.4 is 10.6 Å². The van der Waals surface area contributed by atoms with Crippen molar-refractivity contribution in [2.75, 3.05) is 44.4 Å². The number of amides is 2. The van der Waals surface area contributed by atoms with Crippen molar-refractivity contribution in [1.82, 2.24) is 9.62 Å². The zero-order chi connectivity index (χ0) is 25.1. The molecule has 9 heteroatoms. The molecule has 0 saturated carbocycles. The van der Waals surface area contributed by atoms with Gasteiger partial charge in [-0.3, -0.25) is 9.59 Å². The number of sulfonamides is 1. The van der Waals surface area contributed by atoms with Crippen LogP contribution in [0.3, 0.4) is 0 Å². The van der Waals surface area contributed by atoms with Crippen molar-refractivity contribution in [2.45, 2.75) is 32.1 Å². The van der Waals surface area contributed by atoms with E-state index in [1.165, 1.54) is 4.31 Å². The Bertz CT molecular complexity index is 1080. The molecule has 1 fully saturated rings. The molecule has 1 aliphatic rings. The van der Waals surface area contributed by atoms with Crippen LogP contribution in [-0.4, -0.2) is 63.6 Å². The number of ether oxygens (including phenoxy) is 1. The minimum absolute atomic E-state index is 0.0578. The van der Waals surface area contributed by atoms with Gasteiger partial charge in [0.15, 0.2) is 0 Å². The lowest BCUT2D eigenvalue weighted by Crippen LogP contribution is -2.44. The first kappa shape index (κ1) is 26.8. The van der Waals surface area contributed by atoms with Crippen molar-refractivity contribution >= 4 is 27.5 Å². The van der Waals surface area contributed by atoms with E-state index in [0.717, 1.165) is 5.56 Å². The van der Waals surface area contributed by atoms with Gasteiger partial charge in [-0.1, -0.05) is 42.5 Å². The third-order valence-electron chi connectivity index (χ3n) is 6.10. The minimum Gasteiger partial charge on any atom is -0.385 e. The Morgan fingerprint density at radius 2 is 1.80 bits per heavy atom. The predicted octanol–water partition coefficient (Wildman–Crippen LogP) is 3.07. The van der Waals surface area contributed by atoms with Crippen LogP contribution in [0.2, 0.25) is 0 Å². The Hall–Kier alpha value is -2.75. The van der Waals surface area contributed by atoms with Crippen molar-refractivity contribution in [2.24, 2.45) is 5.92 Å². The van der Waals surface area contributed by atoms with Crippen LogP contribution in [0.5, 0.6) is 0 Å². The van der Waals surface area contributed by atoms with Crippen LogP contribution in [0.25, 0.3) is 0 Å². The summed E-state index contributed by atoms with van der Waals surface area (Å²) < 4.78 is 32.3. The van der Waals surface area contributed by atoms with Gasteiger partial charge < -0.3 is 15.4 Å². The second-order valence-electron chi connectivity index (χ2n) is 8.74. The highest BCUT2D eigenvalue weighted by Gasteiger charge is 2.32. The summed E-state index contributed by atoms with van der Waals surface area (Å²) in [6.45, 7) is 1.60. The molecular weight excluding hydrogens is 466 g/mol. The van der Waals surface area contributed by atoms with Crippen LogP contribution in [0.4, 0.5) is 5.69 Å². The van der Waals surface area contributed by atoms with E-state index in [9.17, 15) is 18.0 Å². The Kier molecular flexibility index (Phi) is 10.3. The van der Waals surface area contributed by atoms with E-state index in [1.807, 2.05) is 30.3 Å². The van der Waals surface area contributed by atoms with E-state index in [-0.39, 0.29) is 24.1 Å². The second kappa shape index (κ2) is 13.4. The lowest BCUT2D eigenvalue weighted by molar-refractivity contribution is -0.120. The molecule has 2 aromatic rings. The topological polar surface area (TPSA) is 105 Å². The Morgan fingerprint density at radius 1 is 1.06 bits per heavy atom. The normalized spacial score (nSPS) is 16.5. The van der Waals surface area contributed by atoms with Crippen molar-refractivity contribution in [1.29, 1.82) is 0 Å². The first-order valence-corrected chi connectivity index (χ1v) is 13.7. The van der Waals surface area contributed by atoms with E-state index in [0.29, 0.717) is 63.1 Å². The zero-order valence-electron chi connectivity index (χ0n) is 20.2. The summed E-state index contributed by atoms with van der Waals surface area (Å²) in [5.41, 5.74) is 1.91. The number of carbonyl (C=O) groups is 2. The fraction of sp³-hybridized carbons (Fsp3) is 0.462. The van der Waals surface area contributed by atoms with Gasteiger partial charge in [-0.25, -0.2) is 12.7 Å². The maximum atomic E-state index is 13.0. The van der Waals surface area contributed by atoms with Gasteiger partial charge in [0, 0.05) is 33.4 Å². The van der Waals surface area contributed by atoms with Crippen molar-refractivity contribution in [3.63, 3.8) is 0 Å². The monoisotopic (exact) mass is 501 g/mol. The summed E-state index contributed by atoms with van der Waals surface area (Å²) in [4.78, 5) is 25.6. The third-order valence-corrected chi connectivity index (χ3v) is 8.02. The quantitative estimate of drug-likeness (QED) is 0.435. The highest BCUT2D eigenvalue weighted by Crippen LogP contribution is 2.23. The highest BCUT2D eigenvalue weighted by atomic mass is 32.2. The number of piperidine rings is 1. The number of rotatable bonds is 12. The van der Waals surface area contributed by atoms with Gasteiger partial charge in [0.1, 0.15) is 0 Å². The number of nitrogens with one attached hydrogen (secondary N) is 2. The van der Waals surface area contributed by atoms with Gasteiger partial charge in [-0.05, 0) is 49.8 Å². The maximum Gasteiger partial charge on any atom is 0.253 e. The summed E-state index contributed by atoms with van der Waals surface area (Å²) in [6.07, 6.45) is 3.15. The van der Waals surface area contributed by atoms with Crippen molar-refractivity contribution in [3.05, 3.63) is 65.7 Å². The predicted molar refractivity (Wildman–Crippen MR) is 137 cm³/mol. The summed E-state index contributed by atoms with van der Waals surface area (Å²) in [5, 5.41) is 5.68. The fourth-order valence-corrected chi connectivity index (χ4v) is 5.76. The van der Waals surface area contributed by atoms with E-state index >= 15 is 0 Å². The van der Waals surface area contributed by atoms with Gasteiger partial charge in [0.05, 0.1) is 22.9 Å². The fourth-order valence-electron chi connectivity index (χ4n) is 4.18. The number of hydrogen-bond acceptors (Lipinski definition) is 5. The maximum absolute atomic E-state index is 13.0. The van der Waals surface area contributed by atoms with Gasteiger partial charge >= 0.3 is 0 Å². The van der Waals surface area contributed by atoms with E-state index in [1.54, 1.807) is 31.4 Å². The Morgan fingerprint density at radius 3 is 2.57 bits per heavy atom. The molecule has 2 amide bonds. The molecule has 2 N–H and O–H groups in total. The van der Waals surface area contributed by atoms with E-state index in [4.69, 9.17) is 4.74 Å². The molecule has 1 aliphatic heterocycles. The molecule has 1 atom stereocenters. The SMILES string of the molecule is COCCCNC(=O)c1ccccc1NC(=O)[C@H]1CCCN(S(=O)(=O)CCCc2ccccc2)C1. The lowest BCUT2D eigenvalue weighted by Gasteiger charge is -2.31. The number of hydrogen-bond donors (Lipinski definition) is 2. The molecule has 2 aromatic carbocycles. The number of methoxy groups -OCH3 is 1. The molecule has 3 rings (SSSR count). The van der Waals surface area contributed by atoms with Gasteiger partial charge in [-0.15, -0.1) is 0 Å². The van der Waals surface area contributed by atoms with Crippen LogP contribution in [-0.2, 0) is 26.0 Å². The number of benzene rings is 2. The molecule has 1 saturated heterocycles. The Balaban J connectivity index is 1.56. The standard InChI is InChI=1S/C26H35N3O5S/c1-34-18-9-16-27-26(31)23-14-5-6-15-24(23)28-25(30)22-13-7-17-29(20-22)35(32,33)19-8-12-21-10-3-2-4-11-21/h2-6,10-11,14-15,22H,7-9,12-13,16-20H2,1H3,(H,27,31)(H,28,30)/t22-/m0/s1. The molecule has 0 aromatic heterocycles. The Labute approximate surface area is 208 Å². The molecular formula is C26H35N3O5S. The smallest absolute Gasteiger partial charge is 0.253 e. The molecule has 0 radical (unpaired) electrons. The van der Waals surface area contributed by atoms with Crippen LogP contribution >= 0.6 is 0 Å². The first-order valence-electron chi connectivity index (χ1n) is 12.1. The second-order valence-corrected chi connectivity index (χ2v) is 10.8. The number of para-hydroxylation sites is 1. The van der Waals surface area contributed by atoms with Gasteiger partial charge in [0.2, 0.25) is 15.9 Å². The van der Waals surface area contributed by atoms with E-state index in [2.05, 4.69) is 10.6 Å². The molecule has 0 spiro atoms. The summed E-state index contributed by atoms with van der Waals surface area (Å²) in [5.74, 6) is -0.954. The zero-order valence-corrected chi connectivity index (χ0v) is 21.1. The first-order chi connectivity index (χ1) is 16.9. The highest BCUT2D eigenvalue weighted by molar-refractivity contribution is 7.89. The van der Waals surface area contributed by atoms with Crippen molar-refractivity contribution in [3.8, 4) is 0 Å². The lowest BCUT2D eigenvalue weighted by atomic mass is 9.98. The number of anilines is 1. The molecule has 35 heavy (non-hydrogen) atoms. The molecule has 0 unspecified atom stereocenters. The van der Waals surface area contributed by atoms with Crippen LogP contribution in [0, 0.1) is 5.92 Å². The number of aryl methyl sites for hydroxylation is 1. The van der Waals surface area contributed by atoms with Crippen LogP contribution in [0.15, 0.2) is 54.6 Å². The number of nitrogens with zero attached hydrogens (tertiary/aromatic N) is 1.